The van der Waals surface area contributed by atoms with Crippen molar-refractivity contribution < 1.29 is 9.84 Å². The Morgan fingerprint density at radius 1 is 1.03 bits per heavy atom. The van der Waals surface area contributed by atoms with Crippen LogP contribution in [-0.4, -0.2) is 44.1 Å². The second-order valence-electron chi connectivity index (χ2n) is 8.76. The number of rotatable bonds is 10. The van der Waals surface area contributed by atoms with Gasteiger partial charge in [0, 0.05) is 17.9 Å². The summed E-state index contributed by atoms with van der Waals surface area (Å²) in [4.78, 5) is 2.16. The Bertz CT molecular complexity index is 740. The minimum absolute atomic E-state index is 0.486. The number of hydrogen-bond acceptors (Lipinski definition) is 5. The van der Waals surface area contributed by atoms with E-state index in [-0.39, 0.29) is 0 Å². The Labute approximate surface area is 181 Å². The highest BCUT2D eigenvalue weighted by Gasteiger charge is 2.18. The molecule has 1 saturated heterocycles. The van der Waals surface area contributed by atoms with E-state index in [1.165, 1.54) is 18.4 Å². The van der Waals surface area contributed by atoms with Gasteiger partial charge in [0.25, 0.3) is 0 Å². The second kappa shape index (κ2) is 11.3. The number of aliphatic hydroxyl groups is 1. The third kappa shape index (κ3) is 7.01. The van der Waals surface area contributed by atoms with Crippen LogP contribution in [0.2, 0.25) is 0 Å². The topological polar surface area (TPSA) is 56.8 Å². The van der Waals surface area contributed by atoms with Gasteiger partial charge in [0.1, 0.15) is 12.0 Å². The number of aryl methyl sites for hydroxylation is 1. The van der Waals surface area contributed by atoms with Crippen LogP contribution in [-0.2, 0) is 0 Å². The van der Waals surface area contributed by atoms with E-state index in [9.17, 15) is 5.11 Å². The number of benzene rings is 2. The molecule has 1 aliphatic heterocycles. The highest BCUT2D eigenvalue weighted by Crippen LogP contribution is 2.28. The lowest BCUT2D eigenvalue weighted by molar-refractivity contribution is 0.135. The zero-order valence-corrected chi connectivity index (χ0v) is 18.6. The molecule has 3 rings (SSSR count). The van der Waals surface area contributed by atoms with Crippen LogP contribution in [0, 0.1) is 18.8 Å². The lowest BCUT2D eigenvalue weighted by Crippen LogP contribution is -2.43. The molecule has 164 valence electrons. The Hall–Kier alpha value is -2.08. The average Bonchev–Trinajstić information content (AvgIpc) is 2.76. The number of anilines is 2. The van der Waals surface area contributed by atoms with Crippen LogP contribution >= 0.6 is 0 Å². The predicted molar refractivity (Wildman–Crippen MR) is 125 cm³/mol. The van der Waals surface area contributed by atoms with E-state index in [4.69, 9.17) is 4.74 Å². The van der Waals surface area contributed by atoms with Gasteiger partial charge >= 0.3 is 0 Å². The van der Waals surface area contributed by atoms with E-state index in [0.717, 1.165) is 36.8 Å². The number of hydrogen-bond donors (Lipinski definition) is 3. The fourth-order valence-corrected chi connectivity index (χ4v) is 3.70. The monoisotopic (exact) mass is 411 g/mol. The van der Waals surface area contributed by atoms with Gasteiger partial charge in [-0.05, 0) is 81.1 Å². The van der Waals surface area contributed by atoms with Crippen molar-refractivity contribution in [3.8, 4) is 5.75 Å². The van der Waals surface area contributed by atoms with E-state index < -0.39 is 6.23 Å². The molecule has 5 heteroatoms. The second-order valence-corrected chi connectivity index (χ2v) is 8.76. The van der Waals surface area contributed by atoms with Crippen LogP contribution in [0.15, 0.2) is 48.5 Å². The van der Waals surface area contributed by atoms with Crippen molar-refractivity contribution in [3.63, 3.8) is 0 Å². The number of nitrogens with zero attached hydrogens (tertiary/aromatic N) is 1. The van der Waals surface area contributed by atoms with Gasteiger partial charge in [0.2, 0.25) is 0 Å². The number of nitrogens with one attached hydrogen (secondary N) is 2. The largest absolute Gasteiger partial charge is 0.493 e. The molecule has 1 fully saturated rings. The summed E-state index contributed by atoms with van der Waals surface area (Å²) in [7, 11) is 0. The molecule has 1 aliphatic rings. The molecule has 0 saturated carbocycles. The van der Waals surface area contributed by atoms with Crippen molar-refractivity contribution in [2.24, 2.45) is 11.8 Å². The molecule has 2 aromatic rings. The van der Waals surface area contributed by atoms with Crippen LogP contribution in [0.5, 0.6) is 5.75 Å². The van der Waals surface area contributed by atoms with Gasteiger partial charge in [-0.15, -0.1) is 0 Å². The maximum absolute atomic E-state index is 10.7. The van der Waals surface area contributed by atoms with Crippen LogP contribution in [0.1, 0.15) is 32.3 Å². The summed E-state index contributed by atoms with van der Waals surface area (Å²) >= 11 is 0. The normalized spacial score (nSPS) is 15.9. The standard InChI is InChI=1S/C25H37N3O2/c1-19(2)18-30-24-10-8-23(9-11-24)28(22-6-4-20(3)5-7-22)17-25(29)27-16-21-12-14-26-15-13-21/h4-11,19,21,25-27,29H,12-18H2,1-3H3. The van der Waals surface area contributed by atoms with E-state index in [1.54, 1.807) is 0 Å². The van der Waals surface area contributed by atoms with Crippen molar-refractivity contribution in [3.05, 3.63) is 54.1 Å². The van der Waals surface area contributed by atoms with Crippen molar-refractivity contribution in [2.75, 3.05) is 37.7 Å². The van der Waals surface area contributed by atoms with Crippen molar-refractivity contribution in [2.45, 2.75) is 39.8 Å². The van der Waals surface area contributed by atoms with E-state index in [2.05, 4.69) is 72.7 Å². The van der Waals surface area contributed by atoms with Crippen molar-refractivity contribution in [1.82, 2.24) is 10.6 Å². The van der Waals surface area contributed by atoms with Gasteiger partial charge in [-0.3, -0.25) is 5.32 Å². The summed E-state index contributed by atoms with van der Waals surface area (Å²) in [6.45, 7) is 10.6. The number of piperidine rings is 1. The summed E-state index contributed by atoms with van der Waals surface area (Å²) in [6.07, 6.45) is 1.73. The van der Waals surface area contributed by atoms with Gasteiger partial charge in [0.05, 0.1) is 13.2 Å². The molecule has 30 heavy (non-hydrogen) atoms. The van der Waals surface area contributed by atoms with E-state index >= 15 is 0 Å². The molecule has 0 spiro atoms. The SMILES string of the molecule is Cc1ccc(N(CC(O)NCC2CCNCC2)c2ccc(OCC(C)C)cc2)cc1. The summed E-state index contributed by atoms with van der Waals surface area (Å²) in [5.74, 6) is 2.00. The lowest BCUT2D eigenvalue weighted by Gasteiger charge is -2.30. The molecule has 0 aromatic heterocycles. The molecule has 0 aliphatic carbocycles. The van der Waals surface area contributed by atoms with Gasteiger partial charge in [0.15, 0.2) is 0 Å². The highest BCUT2D eigenvalue weighted by atomic mass is 16.5. The maximum atomic E-state index is 10.7. The van der Waals surface area contributed by atoms with Crippen LogP contribution in [0.25, 0.3) is 0 Å². The van der Waals surface area contributed by atoms with Crippen molar-refractivity contribution >= 4 is 11.4 Å². The number of ether oxygens (including phenoxy) is 1. The molecular weight excluding hydrogens is 374 g/mol. The summed E-state index contributed by atoms with van der Waals surface area (Å²) in [5.41, 5.74) is 3.33. The third-order valence-electron chi connectivity index (χ3n) is 5.53. The molecule has 0 bridgehead atoms. The smallest absolute Gasteiger partial charge is 0.123 e. The summed E-state index contributed by atoms with van der Waals surface area (Å²) in [6, 6.07) is 16.6. The molecule has 1 atom stereocenters. The molecule has 1 heterocycles. The minimum Gasteiger partial charge on any atom is -0.493 e. The highest BCUT2D eigenvalue weighted by molar-refractivity contribution is 5.64. The summed E-state index contributed by atoms with van der Waals surface area (Å²) < 4.78 is 5.83. The zero-order valence-electron chi connectivity index (χ0n) is 18.6. The molecular formula is C25H37N3O2. The Morgan fingerprint density at radius 2 is 1.63 bits per heavy atom. The van der Waals surface area contributed by atoms with Gasteiger partial charge in [-0.2, -0.15) is 0 Å². The molecule has 3 N–H and O–H groups in total. The van der Waals surface area contributed by atoms with Crippen LogP contribution < -0.4 is 20.3 Å². The Morgan fingerprint density at radius 3 is 2.23 bits per heavy atom. The third-order valence-corrected chi connectivity index (χ3v) is 5.53. The quantitative estimate of drug-likeness (QED) is 0.515. The lowest BCUT2D eigenvalue weighted by atomic mass is 9.98. The van der Waals surface area contributed by atoms with Gasteiger partial charge in [-0.1, -0.05) is 31.5 Å². The first kappa shape index (κ1) is 22.6. The molecule has 1 unspecified atom stereocenters. The molecule has 0 amide bonds. The van der Waals surface area contributed by atoms with Crippen LogP contribution in [0.3, 0.4) is 0 Å². The Kier molecular flexibility index (Phi) is 8.55. The molecule has 0 radical (unpaired) electrons. The fourth-order valence-electron chi connectivity index (χ4n) is 3.70. The number of aliphatic hydroxyl groups excluding tert-OH is 1. The first-order valence-corrected chi connectivity index (χ1v) is 11.2. The Balaban J connectivity index is 1.67. The van der Waals surface area contributed by atoms with Gasteiger partial charge < -0.3 is 20.1 Å². The minimum atomic E-state index is -0.599. The molecule has 2 aromatic carbocycles. The van der Waals surface area contributed by atoms with Gasteiger partial charge in [-0.25, -0.2) is 0 Å². The summed E-state index contributed by atoms with van der Waals surface area (Å²) in [5, 5.41) is 17.5. The average molecular weight is 412 g/mol. The van der Waals surface area contributed by atoms with Crippen LogP contribution in [0.4, 0.5) is 11.4 Å². The first-order valence-electron chi connectivity index (χ1n) is 11.2. The maximum Gasteiger partial charge on any atom is 0.123 e. The molecule has 5 nitrogen and oxygen atoms in total. The fraction of sp³-hybridized carbons (Fsp3) is 0.520. The van der Waals surface area contributed by atoms with E-state index in [1.807, 2.05) is 12.1 Å². The first-order chi connectivity index (χ1) is 14.5. The van der Waals surface area contributed by atoms with Crippen molar-refractivity contribution in [1.29, 1.82) is 0 Å². The zero-order chi connectivity index (χ0) is 21.3. The predicted octanol–water partition coefficient (Wildman–Crippen LogP) is 4.08. The van der Waals surface area contributed by atoms with E-state index in [0.29, 0.717) is 25.0 Å².